The molecule has 0 saturated carbocycles. The van der Waals surface area contributed by atoms with Gasteiger partial charge in [0.05, 0.1) is 0 Å². The molecule has 0 saturated heterocycles. The summed E-state index contributed by atoms with van der Waals surface area (Å²) in [6.07, 6.45) is 0. The van der Waals surface area contributed by atoms with Gasteiger partial charge in [-0.15, -0.1) is 0 Å². The van der Waals surface area contributed by atoms with Crippen LogP contribution in [0.3, 0.4) is 0 Å². The fourth-order valence-electron chi connectivity index (χ4n) is 0. The predicted octanol–water partition coefficient (Wildman–Crippen LogP) is 0.499. The van der Waals surface area contributed by atoms with Crippen LogP contribution in [-0.4, -0.2) is 48.0 Å². The summed E-state index contributed by atoms with van der Waals surface area (Å²) in [5.74, 6) is 0. The van der Waals surface area contributed by atoms with Crippen LogP contribution in [0.5, 0.6) is 0 Å². The maximum Gasteiger partial charge on any atom is 0 e. The number of halogens is 3. The van der Waals surface area contributed by atoms with Gasteiger partial charge in [0.2, 0.25) is 0 Å². The van der Waals surface area contributed by atoms with Crippen LogP contribution < -0.4 is 0 Å². The van der Waals surface area contributed by atoms with Gasteiger partial charge in [-0.05, 0) is 0 Å². The van der Waals surface area contributed by atoms with Gasteiger partial charge in [-0.1, -0.05) is 0 Å². The standard InChI is InChI=1S/Bi.3FH.Sb/h;3*1H;/q+3;;;;/p-3. The van der Waals surface area contributed by atoms with Gasteiger partial charge in [0, 0.05) is 24.4 Å². The Balaban J connectivity index is 0. The Morgan fingerprint density at radius 3 is 1.00 bits per heavy atom. The van der Waals surface area contributed by atoms with E-state index in [1.807, 2.05) is 0 Å². The van der Waals surface area contributed by atoms with Crippen molar-refractivity contribution < 1.29 is 7.88 Å². The van der Waals surface area contributed by atoms with Crippen molar-refractivity contribution in [3.63, 3.8) is 0 Å². The average Bonchev–Trinajstić information content (AvgIpc) is 0.811. The monoisotopic (exact) mass is 387 g/mol. The molecule has 0 aliphatic rings. The molecule has 0 aliphatic carbocycles. The summed E-state index contributed by atoms with van der Waals surface area (Å²) in [6, 6.07) is 0. The minimum Gasteiger partial charge on any atom is 0 e. The van der Waals surface area contributed by atoms with Crippen molar-refractivity contribution in [2.45, 2.75) is 0 Å². The first-order valence-corrected chi connectivity index (χ1v) is 4.45. The number of hydrogen-bond donors (Lipinski definition) is 0. The molecule has 0 N–H and O–H groups in total. The van der Waals surface area contributed by atoms with Gasteiger partial charge < -0.3 is 0 Å². The van der Waals surface area contributed by atoms with Crippen LogP contribution in [0.2, 0.25) is 0 Å². The molecule has 0 amide bonds. The van der Waals surface area contributed by atoms with Gasteiger partial charge in [0.15, 0.2) is 0 Å². The third kappa shape index (κ3) is 30.1. The van der Waals surface area contributed by atoms with E-state index < -0.39 is 23.6 Å². The van der Waals surface area contributed by atoms with Gasteiger partial charge in [0.25, 0.3) is 0 Å². The molecular formula is BiF3Sb. The summed E-state index contributed by atoms with van der Waals surface area (Å²) in [4.78, 5) is 0. The topological polar surface area (TPSA) is 0 Å². The molecule has 0 aromatic carbocycles. The molecule has 0 rings (SSSR count). The molecule has 5 heavy (non-hydrogen) atoms. The molecule has 5 heteroatoms. The second-order valence-electron chi connectivity index (χ2n) is 0.192. The predicted molar refractivity (Wildman–Crippen MR) is 14.8 cm³/mol. The first-order valence-electron chi connectivity index (χ1n) is 0.507. The molecule has 0 aliphatic heterocycles. The summed E-state index contributed by atoms with van der Waals surface area (Å²) in [5, 5.41) is 0. The maximum atomic E-state index is 9.87. The average molecular weight is 388 g/mol. The van der Waals surface area contributed by atoms with E-state index in [-0.39, 0.29) is 24.4 Å². The summed E-state index contributed by atoms with van der Waals surface area (Å²) in [6.45, 7) is 0. The van der Waals surface area contributed by atoms with E-state index in [1.165, 1.54) is 0 Å². The summed E-state index contributed by atoms with van der Waals surface area (Å²) in [5.41, 5.74) is 0. The molecule has 0 heterocycles. The summed E-state index contributed by atoms with van der Waals surface area (Å²) >= 11 is -5.09. The first-order chi connectivity index (χ1) is 1.73. The molecule has 0 fully saturated rings. The quantitative estimate of drug-likeness (QED) is 0.531. The SMILES string of the molecule is [F][Bi]([F])[F].[Sb]. The second-order valence-corrected chi connectivity index (χ2v) is 1.68. The van der Waals surface area contributed by atoms with Crippen LogP contribution in [0.1, 0.15) is 0 Å². The summed E-state index contributed by atoms with van der Waals surface area (Å²) in [7, 11) is 0. The van der Waals surface area contributed by atoms with Crippen molar-refractivity contribution in [3.8, 4) is 0 Å². The van der Waals surface area contributed by atoms with Gasteiger partial charge >= 0.3 is 31.5 Å². The van der Waals surface area contributed by atoms with E-state index in [4.69, 9.17) is 0 Å². The fraction of sp³-hybridized carbons (Fsp3) is 0. The Morgan fingerprint density at radius 2 is 1.00 bits per heavy atom. The van der Waals surface area contributed by atoms with Gasteiger partial charge in [0.1, 0.15) is 0 Å². The zero-order chi connectivity index (χ0) is 3.58. The van der Waals surface area contributed by atoms with E-state index in [9.17, 15) is 7.88 Å². The van der Waals surface area contributed by atoms with Crippen LogP contribution in [-0.2, 0) is 0 Å². The van der Waals surface area contributed by atoms with E-state index in [0.29, 0.717) is 0 Å². The van der Waals surface area contributed by atoms with Crippen LogP contribution in [0, 0.1) is 0 Å². The first kappa shape index (κ1) is 9.70. The molecule has 0 unspecified atom stereocenters. The Morgan fingerprint density at radius 1 is 1.00 bits per heavy atom. The van der Waals surface area contributed by atoms with Crippen molar-refractivity contribution >= 4 is 48.0 Å². The minimum atomic E-state index is -5.09. The number of hydrogen-bond acceptors (Lipinski definition) is 0. The van der Waals surface area contributed by atoms with Crippen molar-refractivity contribution in [1.82, 2.24) is 0 Å². The summed E-state index contributed by atoms with van der Waals surface area (Å²) < 4.78 is 29.6. The van der Waals surface area contributed by atoms with E-state index >= 15 is 0 Å². The zero-order valence-electron chi connectivity index (χ0n) is 2.03. The molecule has 0 aromatic heterocycles. The van der Waals surface area contributed by atoms with Gasteiger partial charge in [-0.3, -0.25) is 0 Å². The van der Waals surface area contributed by atoms with E-state index in [2.05, 4.69) is 0 Å². The zero-order valence-corrected chi connectivity index (χ0v) is 8.06. The molecule has 3 radical (unpaired) electrons. The molecule has 0 bridgehead atoms. The normalized spacial score (nSPS) is 7.20. The van der Waals surface area contributed by atoms with Crippen molar-refractivity contribution in [2.75, 3.05) is 0 Å². The number of rotatable bonds is 0. The Hall–Kier alpha value is 1.49. The maximum absolute atomic E-state index is 9.87. The largest absolute Gasteiger partial charge is 0 e. The van der Waals surface area contributed by atoms with Crippen LogP contribution in [0.15, 0.2) is 0 Å². The van der Waals surface area contributed by atoms with Gasteiger partial charge in [-0.2, -0.15) is 0 Å². The van der Waals surface area contributed by atoms with Crippen molar-refractivity contribution in [1.29, 1.82) is 0 Å². The fourth-order valence-corrected chi connectivity index (χ4v) is 0. The van der Waals surface area contributed by atoms with E-state index in [0.717, 1.165) is 0 Å². The Kier molecular flexibility index (Phi) is 10.7. The van der Waals surface area contributed by atoms with Crippen LogP contribution >= 0.6 is 0 Å². The van der Waals surface area contributed by atoms with Crippen molar-refractivity contribution in [2.24, 2.45) is 0 Å². The third-order valence-electron chi connectivity index (χ3n) is 0. The molecule has 31 valence electrons. The second kappa shape index (κ2) is 5.49. The molecular weight excluding hydrogens is 388 g/mol. The van der Waals surface area contributed by atoms with Gasteiger partial charge in [-0.25, -0.2) is 0 Å². The molecule has 0 aromatic rings. The minimum absolute atomic E-state index is 0. The Labute approximate surface area is 55.5 Å². The van der Waals surface area contributed by atoms with Crippen molar-refractivity contribution in [3.05, 3.63) is 0 Å². The molecule has 0 spiro atoms. The smallest absolute Gasteiger partial charge is 0 e. The van der Waals surface area contributed by atoms with Crippen LogP contribution in [0.25, 0.3) is 0 Å². The Bertz CT molecular complexity index is 11.6. The van der Waals surface area contributed by atoms with Crippen LogP contribution in [0.4, 0.5) is 7.88 Å². The third-order valence-corrected chi connectivity index (χ3v) is 0. The molecule has 0 atom stereocenters. The van der Waals surface area contributed by atoms with E-state index in [1.54, 1.807) is 0 Å². The molecule has 0 nitrogen and oxygen atoms in total.